The number of anilines is 1. The maximum Gasteiger partial charge on any atom is 0.295 e. The molecule has 0 saturated heterocycles. The van der Waals surface area contributed by atoms with E-state index in [1.165, 1.54) is 0 Å². The molecule has 1 saturated carbocycles. The lowest BCUT2D eigenvalue weighted by molar-refractivity contribution is -0.121. The molecular formula is C32H39ClN6O4. The molecule has 228 valence electrons. The van der Waals surface area contributed by atoms with Crippen LogP contribution in [0, 0.1) is 5.92 Å². The second-order valence-electron chi connectivity index (χ2n) is 11.5. The molecule has 11 heteroatoms. The lowest BCUT2D eigenvalue weighted by Gasteiger charge is -2.26. The number of carbonyl (C=O) groups is 1. The first-order valence-electron chi connectivity index (χ1n) is 14.8. The fraction of sp³-hybridized carbons (Fsp3) is 0.438. The molecule has 1 unspecified atom stereocenters. The van der Waals surface area contributed by atoms with E-state index < -0.39 is 0 Å². The summed E-state index contributed by atoms with van der Waals surface area (Å²) in [6, 6.07) is 14.8. The Bertz CT molecular complexity index is 1630. The number of likely N-dealkylation sites (N-methyl/N-ethyl adjacent to an activating group) is 1. The Balaban J connectivity index is 1.39. The number of rotatable bonds is 10. The number of hydrogen-bond acceptors (Lipinski definition) is 7. The summed E-state index contributed by atoms with van der Waals surface area (Å²) in [5.74, 6) is 0.881. The standard InChI is InChI=1S/C32H39ClN6O4/c1-6-42-26-16-15-23(33)18-25(26)31-36-35-30(43-31)22-12-10-11-21(17-22)29(40)34-27-28(20(2)19-37(3)4)38(5)39(32(27)41)24-13-8-7-9-14-24/h7-9,13-16,18,20-22H,6,10-12,17,19H2,1-5H3,(H,34,40)/t20?,21-,22+/m1/s1. The molecule has 3 atom stereocenters. The molecule has 43 heavy (non-hydrogen) atoms. The van der Waals surface area contributed by atoms with Gasteiger partial charge in [0.05, 0.1) is 23.6 Å². The largest absolute Gasteiger partial charge is 0.493 e. The van der Waals surface area contributed by atoms with Crippen molar-refractivity contribution in [2.75, 3.05) is 32.6 Å². The number of aromatic nitrogens is 4. The highest BCUT2D eigenvalue weighted by Crippen LogP contribution is 2.39. The number of carbonyl (C=O) groups excluding carboxylic acids is 1. The minimum Gasteiger partial charge on any atom is -0.493 e. The number of nitrogens with one attached hydrogen (secondary N) is 1. The first-order valence-corrected chi connectivity index (χ1v) is 15.1. The Labute approximate surface area is 256 Å². The lowest BCUT2D eigenvalue weighted by atomic mass is 9.81. The van der Waals surface area contributed by atoms with Gasteiger partial charge >= 0.3 is 0 Å². The molecule has 0 radical (unpaired) electrons. The second-order valence-corrected chi connectivity index (χ2v) is 11.9. The summed E-state index contributed by atoms with van der Waals surface area (Å²) in [5.41, 5.74) is 2.25. The molecular weight excluding hydrogens is 568 g/mol. The summed E-state index contributed by atoms with van der Waals surface area (Å²) in [4.78, 5) is 29.6. The van der Waals surface area contributed by atoms with Crippen molar-refractivity contribution >= 4 is 23.2 Å². The molecule has 1 aliphatic rings. The highest BCUT2D eigenvalue weighted by molar-refractivity contribution is 6.30. The number of benzene rings is 2. The van der Waals surface area contributed by atoms with E-state index in [-0.39, 0.29) is 29.2 Å². The van der Waals surface area contributed by atoms with Crippen molar-refractivity contribution in [1.82, 2.24) is 24.5 Å². The summed E-state index contributed by atoms with van der Waals surface area (Å²) < 4.78 is 15.3. The van der Waals surface area contributed by atoms with E-state index in [9.17, 15) is 9.59 Å². The second kappa shape index (κ2) is 13.2. The summed E-state index contributed by atoms with van der Waals surface area (Å²) in [5, 5.41) is 12.2. The molecule has 1 amide bonds. The molecule has 10 nitrogen and oxygen atoms in total. The van der Waals surface area contributed by atoms with Gasteiger partial charge in [0.25, 0.3) is 11.4 Å². The molecule has 5 rings (SSSR count). The van der Waals surface area contributed by atoms with E-state index in [0.29, 0.717) is 53.3 Å². The summed E-state index contributed by atoms with van der Waals surface area (Å²) in [7, 11) is 5.86. The predicted molar refractivity (Wildman–Crippen MR) is 167 cm³/mol. The Hall–Kier alpha value is -3.89. The van der Waals surface area contributed by atoms with Crippen LogP contribution in [0.25, 0.3) is 17.1 Å². The zero-order valence-corrected chi connectivity index (χ0v) is 26.1. The minimum atomic E-state index is -0.305. The van der Waals surface area contributed by atoms with Gasteiger partial charge in [-0.2, -0.15) is 0 Å². The monoisotopic (exact) mass is 606 g/mol. The number of hydrogen-bond donors (Lipinski definition) is 1. The van der Waals surface area contributed by atoms with Crippen molar-refractivity contribution in [3.63, 3.8) is 0 Å². The molecule has 1 aliphatic carbocycles. The van der Waals surface area contributed by atoms with Gasteiger partial charge in [-0.15, -0.1) is 10.2 Å². The highest BCUT2D eigenvalue weighted by Gasteiger charge is 2.33. The topological polar surface area (TPSA) is 107 Å². The van der Waals surface area contributed by atoms with Gasteiger partial charge in [-0.3, -0.25) is 14.3 Å². The van der Waals surface area contributed by atoms with Crippen molar-refractivity contribution in [1.29, 1.82) is 0 Å². The molecule has 1 fully saturated rings. The number of halogens is 1. The van der Waals surface area contributed by atoms with Crippen LogP contribution >= 0.6 is 11.6 Å². The number of para-hydroxylation sites is 1. The van der Waals surface area contributed by atoms with Crippen LogP contribution in [-0.2, 0) is 11.8 Å². The fourth-order valence-electron chi connectivity index (χ4n) is 6.13. The molecule has 1 N–H and O–H groups in total. The quantitative estimate of drug-likeness (QED) is 0.241. The maximum absolute atomic E-state index is 13.8. The normalized spacial score (nSPS) is 17.7. The molecule has 0 bridgehead atoms. The maximum atomic E-state index is 13.8. The average Bonchev–Trinajstić information content (AvgIpc) is 3.57. The van der Waals surface area contributed by atoms with Gasteiger partial charge in [0.1, 0.15) is 11.4 Å². The van der Waals surface area contributed by atoms with Crippen molar-refractivity contribution in [3.05, 3.63) is 75.5 Å². The van der Waals surface area contributed by atoms with Crippen molar-refractivity contribution in [3.8, 4) is 22.9 Å². The number of nitrogens with zero attached hydrogens (tertiary/aromatic N) is 5. The third-order valence-corrected chi connectivity index (χ3v) is 8.21. The fourth-order valence-corrected chi connectivity index (χ4v) is 6.31. The van der Waals surface area contributed by atoms with E-state index in [1.54, 1.807) is 22.9 Å². The van der Waals surface area contributed by atoms with Crippen molar-refractivity contribution in [2.45, 2.75) is 51.4 Å². The molecule has 2 heterocycles. The average molecular weight is 607 g/mol. The van der Waals surface area contributed by atoms with E-state index >= 15 is 0 Å². The molecule has 4 aromatic rings. The third kappa shape index (κ3) is 6.55. The van der Waals surface area contributed by atoms with E-state index in [4.69, 9.17) is 20.8 Å². The van der Waals surface area contributed by atoms with Gasteiger partial charge in [-0.05, 0) is 70.6 Å². The predicted octanol–water partition coefficient (Wildman–Crippen LogP) is 5.86. The van der Waals surface area contributed by atoms with Gasteiger partial charge < -0.3 is 19.4 Å². The van der Waals surface area contributed by atoms with E-state index in [0.717, 1.165) is 30.8 Å². The Morgan fingerprint density at radius 1 is 1.19 bits per heavy atom. The Kier molecular flexibility index (Phi) is 9.37. The molecule has 0 aliphatic heterocycles. The minimum absolute atomic E-state index is 0.00282. The van der Waals surface area contributed by atoms with Crippen LogP contribution in [0.15, 0.2) is 57.7 Å². The van der Waals surface area contributed by atoms with Gasteiger partial charge in [-0.25, -0.2) is 4.68 Å². The van der Waals surface area contributed by atoms with Gasteiger partial charge in [-0.1, -0.05) is 43.1 Å². The SMILES string of the molecule is CCOc1ccc(Cl)cc1-c1nnc([C@H]2CCC[C@@H](C(=O)Nc3c(C(C)CN(C)C)n(C)n(-c4ccccc4)c3=O)C2)o1. The molecule has 2 aromatic heterocycles. The third-order valence-electron chi connectivity index (χ3n) is 7.97. The summed E-state index contributed by atoms with van der Waals surface area (Å²) >= 11 is 6.24. The first-order chi connectivity index (χ1) is 20.7. The van der Waals surface area contributed by atoms with Crippen LogP contribution < -0.4 is 15.6 Å². The summed E-state index contributed by atoms with van der Waals surface area (Å²) in [6.07, 6.45) is 2.92. The van der Waals surface area contributed by atoms with Gasteiger partial charge in [0.15, 0.2) is 0 Å². The van der Waals surface area contributed by atoms with Crippen molar-refractivity contribution in [2.24, 2.45) is 13.0 Å². The van der Waals surface area contributed by atoms with Crippen molar-refractivity contribution < 1.29 is 13.9 Å². The van der Waals surface area contributed by atoms with Crippen LogP contribution in [0.3, 0.4) is 0 Å². The highest BCUT2D eigenvalue weighted by atomic mass is 35.5. The van der Waals surface area contributed by atoms with E-state index in [2.05, 4.69) is 27.3 Å². The Morgan fingerprint density at radius 3 is 2.67 bits per heavy atom. The van der Waals surface area contributed by atoms with Crippen LogP contribution in [0.4, 0.5) is 5.69 Å². The smallest absolute Gasteiger partial charge is 0.295 e. The Morgan fingerprint density at radius 2 is 1.95 bits per heavy atom. The van der Waals surface area contributed by atoms with Crippen LogP contribution in [0.1, 0.15) is 63.0 Å². The summed E-state index contributed by atoms with van der Waals surface area (Å²) in [6.45, 7) is 5.18. The van der Waals surface area contributed by atoms with Crippen LogP contribution in [-0.4, -0.2) is 57.6 Å². The number of amides is 1. The van der Waals surface area contributed by atoms with Gasteiger partial charge in [0.2, 0.25) is 11.8 Å². The van der Waals surface area contributed by atoms with Gasteiger partial charge in [0, 0.05) is 36.4 Å². The van der Waals surface area contributed by atoms with Crippen LogP contribution in [0.5, 0.6) is 5.75 Å². The lowest BCUT2D eigenvalue weighted by Crippen LogP contribution is -2.30. The molecule has 2 aromatic carbocycles. The van der Waals surface area contributed by atoms with Crippen LogP contribution in [0.2, 0.25) is 5.02 Å². The first kappa shape index (κ1) is 30.6. The molecule has 0 spiro atoms. The zero-order valence-electron chi connectivity index (χ0n) is 25.3. The number of ether oxygens (including phenoxy) is 1. The van der Waals surface area contributed by atoms with E-state index in [1.807, 2.05) is 63.1 Å². The zero-order chi connectivity index (χ0) is 30.7.